The topological polar surface area (TPSA) is 66.6 Å². The zero-order valence-corrected chi connectivity index (χ0v) is 11.5. The van der Waals surface area contributed by atoms with E-state index in [1.165, 1.54) is 12.1 Å². The number of nitrogens with zero attached hydrogens (tertiary/aromatic N) is 1. The number of primary amides is 1. The Hall–Kier alpha value is -1.76. The summed E-state index contributed by atoms with van der Waals surface area (Å²) in [7, 11) is 0. The van der Waals surface area contributed by atoms with Crippen LogP contribution in [0.2, 0.25) is 0 Å². The number of hydroxylamine groups is 2. The number of nitrogens with two attached hydrogens (primary N) is 1. The van der Waals surface area contributed by atoms with E-state index in [4.69, 9.17) is 5.73 Å². The molecule has 1 saturated carbocycles. The lowest BCUT2D eigenvalue weighted by Gasteiger charge is -2.41. The Morgan fingerprint density at radius 1 is 1.33 bits per heavy atom. The summed E-state index contributed by atoms with van der Waals surface area (Å²) in [5.41, 5.74) is 5.17. The number of hydrogen-bond acceptors (Lipinski definition) is 2. The SMILES string of the molecule is CC([C@H]1C[C@@H](c2ccc(C(F)(F)F)cc2)C1)N(O)C(N)=O. The van der Waals surface area contributed by atoms with Crippen LogP contribution in [0.15, 0.2) is 24.3 Å². The summed E-state index contributed by atoms with van der Waals surface area (Å²) in [5, 5.41) is 9.95. The van der Waals surface area contributed by atoms with Gasteiger partial charge in [0.05, 0.1) is 11.6 Å². The molecule has 1 aromatic rings. The van der Waals surface area contributed by atoms with Crippen molar-refractivity contribution in [2.45, 2.75) is 37.9 Å². The van der Waals surface area contributed by atoms with Gasteiger partial charge in [-0.2, -0.15) is 13.2 Å². The van der Waals surface area contributed by atoms with Gasteiger partial charge in [-0.15, -0.1) is 0 Å². The summed E-state index contributed by atoms with van der Waals surface area (Å²) >= 11 is 0. The number of urea groups is 1. The molecule has 1 atom stereocenters. The van der Waals surface area contributed by atoms with Gasteiger partial charge in [0, 0.05) is 0 Å². The van der Waals surface area contributed by atoms with Crippen LogP contribution in [-0.2, 0) is 6.18 Å². The fraction of sp³-hybridized carbons (Fsp3) is 0.500. The number of benzene rings is 1. The molecule has 0 heterocycles. The molecule has 2 rings (SSSR count). The monoisotopic (exact) mass is 302 g/mol. The number of carbonyl (C=O) groups is 1. The highest BCUT2D eigenvalue weighted by atomic mass is 19.4. The minimum atomic E-state index is -4.33. The molecule has 21 heavy (non-hydrogen) atoms. The maximum Gasteiger partial charge on any atom is 0.416 e. The van der Waals surface area contributed by atoms with Gasteiger partial charge in [-0.3, -0.25) is 5.21 Å². The van der Waals surface area contributed by atoms with Gasteiger partial charge in [0.15, 0.2) is 0 Å². The predicted octanol–water partition coefficient (Wildman–Crippen LogP) is 3.36. The first kappa shape index (κ1) is 15.6. The highest BCUT2D eigenvalue weighted by molar-refractivity contribution is 5.70. The van der Waals surface area contributed by atoms with Gasteiger partial charge in [0.25, 0.3) is 0 Å². The molecule has 0 aliphatic heterocycles. The van der Waals surface area contributed by atoms with Crippen molar-refractivity contribution in [3.8, 4) is 0 Å². The number of hydrogen-bond donors (Lipinski definition) is 2. The summed E-state index contributed by atoms with van der Waals surface area (Å²) in [6.07, 6.45) is -2.91. The van der Waals surface area contributed by atoms with Gasteiger partial charge in [-0.05, 0) is 49.3 Å². The fourth-order valence-electron chi connectivity index (χ4n) is 2.67. The molecule has 1 aliphatic carbocycles. The second-order valence-corrected chi connectivity index (χ2v) is 5.47. The molecule has 1 aliphatic rings. The average molecular weight is 302 g/mol. The molecule has 2 amide bonds. The first-order valence-electron chi connectivity index (χ1n) is 6.65. The quantitative estimate of drug-likeness (QED) is 0.664. The summed E-state index contributed by atoms with van der Waals surface area (Å²) in [4.78, 5) is 10.9. The standard InChI is InChI=1S/C14H17F3N2O2/c1-8(19(21)13(18)20)10-6-11(7-10)9-2-4-12(5-3-9)14(15,16)17/h2-5,8,10-11,21H,6-7H2,1H3,(H2,18,20)/t8?,10-,11+. The maximum absolute atomic E-state index is 12.5. The van der Waals surface area contributed by atoms with Crippen LogP contribution in [-0.4, -0.2) is 22.3 Å². The van der Waals surface area contributed by atoms with Gasteiger partial charge < -0.3 is 5.73 Å². The number of amides is 2. The van der Waals surface area contributed by atoms with E-state index in [1.807, 2.05) is 0 Å². The van der Waals surface area contributed by atoms with Crippen molar-refractivity contribution < 1.29 is 23.2 Å². The van der Waals surface area contributed by atoms with E-state index < -0.39 is 23.8 Å². The predicted molar refractivity (Wildman–Crippen MR) is 69.6 cm³/mol. The number of halogens is 3. The van der Waals surface area contributed by atoms with Crippen LogP contribution in [0.5, 0.6) is 0 Å². The first-order valence-corrected chi connectivity index (χ1v) is 6.65. The molecule has 3 N–H and O–H groups in total. The summed E-state index contributed by atoms with van der Waals surface area (Å²) < 4.78 is 37.4. The Balaban J connectivity index is 1.94. The Morgan fingerprint density at radius 2 is 1.86 bits per heavy atom. The second kappa shape index (κ2) is 5.55. The van der Waals surface area contributed by atoms with E-state index in [-0.39, 0.29) is 11.8 Å². The molecule has 1 unspecified atom stereocenters. The zero-order chi connectivity index (χ0) is 15.8. The molecular weight excluding hydrogens is 285 g/mol. The van der Waals surface area contributed by atoms with Crippen LogP contribution >= 0.6 is 0 Å². The molecule has 0 aromatic heterocycles. The Labute approximate surface area is 120 Å². The molecule has 7 heteroatoms. The van der Waals surface area contributed by atoms with Crippen molar-refractivity contribution in [3.63, 3.8) is 0 Å². The molecule has 0 saturated heterocycles. The van der Waals surface area contributed by atoms with Gasteiger partial charge in [0.1, 0.15) is 0 Å². The van der Waals surface area contributed by atoms with E-state index in [9.17, 15) is 23.2 Å². The van der Waals surface area contributed by atoms with Crippen molar-refractivity contribution in [1.29, 1.82) is 0 Å². The Bertz CT molecular complexity index is 510. The molecule has 0 spiro atoms. The number of alkyl halides is 3. The van der Waals surface area contributed by atoms with E-state index in [2.05, 4.69) is 0 Å². The van der Waals surface area contributed by atoms with Crippen molar-refractivity contribution in [1.82, 2.24) is 5.06 Å². The van der Waals surface area contributed by atoms with E-state index >= 15 is 0 Å². The number of rotatable bonds is 3. The van der Waals surface area contributed by atoms with Crippen LogP contribution < -0.4 is 5.73 Å². The minimum Gasteiger partial charge on any atom is -0.350 e. The maximum atomic E-state index is 12.5. The second-order valence-electron chi connectivity index (χ2n) is 5.47. The van der Waals surface area contributed by atoms with Crippen molar-refractivity contribution in [2.24, 2.45) is 11.7 Å². The van der Waals surface area contributed by atoms with Crippen LogP contribution in [0.25, 0.3) is 0 Å². The summed E-state index contributed by atoms with van der Waals surface area (Å²) in [5.74, 6) is 0.246. The first-order chi connectivity index (χ1) is 9.70. The third-order valence-electron chi connectivity index (χ3n) is 4.18. The van der Waals surface area contributed by atoms with Crippen molar-refractivity contribution in [2.75, 3.05) is 0 Å². The fourth-order valence-corrected chi connectivity index (χ4v) is 2.67. The minimum absolute atomic E-state index is 0.0924. The molecular formula is C14H17F3N2O2. The molecule has 0 radical (unpaired) electrons. The van der Waals surface area contributed by atoms with Crippen LogP contribution in [0.4, 0.5) is 18.0 Å². The summed E-state index contributed by atoms with van der Waals surface area (Å²) in [6, 6.07) is 3.83. The molecule has 0 bridgehead atoms. The van der Waals surface area contributed by atoms with Gasteiger partial charge in [-0.1, -0.05) is 12.1 Å². The third-order valence-corrected chi connectivity index (χ3v) is 4.18. The lowest BCUT2D eigenvalue weighted by atomic mass is 9.68. The highest BCUT2D eigenvalue weighted by Gasteiger charge is 2.37. The lowest BCUT2D eigenvalue weighted by molar-refractivity contribution is -0.137. The summed E-state index contributed by atoms with van der Waals surface area (Å²) in [6.45, 7) is 1.69. The molecule has 1 fully saturated rings. The largest absolute Gasteiger partial charge is 0.416 e. The van der Waals surface area contributed by atoms with Gasteiger partial charge >= 0.3 is 12.2 Å². The lowest BCUT2D eigenvalue weighted by Crippen LogP contribution is -2.46. The normalized spacial score (nSPS) is 23.3. The van der Waals surface area contributed by atoms with E-state index in [0.29, 0.717) is 17.9 Å². The zero-order valence-electron chi connectivity index (χ0n) is 11.5. The van der Waals surface area contributed by atoms with E-state index in [0.717, 1.165) is 17.7 Å². The van der Waals surface area contributed by atoms with Crippen molar-refractivity contribution >= 4 is 6.03 Å². The van der Waals surface area contributed by atoms with Gasteiger partial charge in [0.2, 0.25) is 0 Å². The molecule has 116 valence electrons. The van der Waals surface area contributed by atoms with Crippen LogP contribution in [0, 0.1) is 5.92 Å². The molecule has 4 nitrogen and oxygen atoms in total. The molecule has 1 aromatic carbocycles. The third kappa shape index (κ3) is 3.29. The van der Waals surface area contributed by atoms with Crippen LogP contribution in [0.1, 0.15) is 36.8 Å². The average Bonchev–Trinajstić information content (AvgIpc) is 2.35. The number of carbonyl (C=O) groups excluding carboxylic acids is 1. The Kier molecular flexibility index (Phi) is 4.13. The van der Waals surface area contributed by atoms with Gasteiger partial charge in [-0.25, -0.2) is 9.86 Å². The highest BCUT2D eigenvalue weighted by Crippen LogP contribution is 2.44. The van der Waals surface area contributed by atoms with Crippen LogP contribution in [0.3, 0.4) is 0 Å². The smallest absolute Gasteiger partial charge is 0.350 e. The van der Waals surface area contributed by atoms with E-state index in [1.54, 1.807) is 6.92 Å². The Morgan fingerprint density at radius 3 is 2.29 bits per heavy atom. The van der Waals surface area contributed by atoms with Crippen molar-refractivity contribution in [3.05, 3.63) is 35.4 Å².